The van der Waals surface area contributed by atoms with Crippen LogP contribution in [-0.4, -0.2) is 0 Å². The summed E-state index contributed by atoms with van der Waals surface area (Å²) in [4.78, 5) is 0. The molecule has 10 heteroatoms. The molecule has 0 radical (unpaired) electrons. The highest BCUT2D eigenvalue weighted by Gasteiger charge is 2.37. The molecule has 0 fully saturated rings. The van der Waals surface area contributed by atoms with Gasteiger partial charge in [0.25, 0.3) is 0 Å². The number of halogens is 9. The van der Waals surface area contributed by atoms with Crippen molar-refractivity contribution < 1.29 is 39.5 Å². The van der Waals surface area contributed by atoms with Gasteiger partial charge in [0.15, 0.2) is 0 Å². The Morgan fingerprint density at radius 3 is 1.32 bits per heavy atom. The van der Waals surface area contributed by atoms with Gasteiger partial charge in [0.05, 0.1) is 28.3 Å². The van der Waals surface area contributed by atoms with Gasteiger partial charge in [-0.15, -0.1) is 0 Å². The SMILES string of the molecule is N#C/C(=C/c1ccc(-c2cc(C(F)(F)F)cc(C(F)(F)F)c2)cc1)c1ccc(-c2ccc(C(F)(F)F)cc2)cc1. The van der Waals surface area contributed by atoms with Crippen LogP contribution in [0.3, 0.4) is 0 Å². The molecule has 204 valence electrons. The number of rotatable bonds is 4. The van der Waals surface area contributed by atoms with Gasteiger partial charge in [0, 0.05) is 0 Å². The zero-order chi connectivity index (χ0) is 29.3. The molecule has 0 atom stereocenters. The van der Waals surface area contributed by atoms with Crippen molar-refractivity contribution >= 4 is 11.6 Å². The maximum Gasteiger partial charge on any atom is 0.416 e. The van der Waals surface area contributed by atoms with Gasteiger partial charge in [-0.1, -0.05) is 60.7 Å². The van der Waals surface area contributed by atoms with E-state index in [4.69, 9.17) is 0 Å². The molecule has 0 spiro atoms. The summed E-state index contributed by atoms with van der Waals surface area (Å²) in [5, 5.41) is 9.64. The standard InChI is InChI=1S/C30H16F9N/c31-28(32,33)25-11-9-20(10-12-25)19-5-7-22(8-6-19)24(17-40)13-18-1-3-21(4-2-18)23-14-26(29(34,35)36)16-27(15-23)30(37,38)39/h1-16H/b24-13-. The molecule has 1 nitrogen and oxygen atoms in total. The smallest absolute Gasteiger partial charge is 0.192 e. The van der Waals surface area contributed by atoms with Crippen molar-refractivity contribution in [3.8, 4) is 28.3 Å². The van der Waals surface area contributed by atoms with Crippen molar-refractivity contribution in [3.05, 3.63) is 119 Å². The molecule has 0 saturated carbocycles. The van der Waals surface area contributed by atoms with E-state index in [1.165, 1.54) is 42.5 Å². The first-order valence-electron chi connectivity index (χ1n) is 11.4. The fourth-order valence-corrected chi connectivity index (χ4v) is 3.93. The van der Waals surface area contributed by atoms with Gasteiger partial charge in [-0.05, 0) is 69.8 Å². The second-order valence-corrected chi connectivity index (χ2v) is 8.74. The van der Waals surface area contributed by atoms with Crippen LogP contribution in [0.5, 0.6) is 0 Å². The van der Waals surface area contributed by atoms with Crippen LogP contribution in [0.15, 0.2) is 91.0 Å². The molecule has 0 aliphatic rings. The van der Waals surface area contributed by atoms with Crippen molar-refractivity contribution in [2.75, 3.05) is 0 Å². The molecule has 0 amide bonds. The first-order valence-corrected chi connectivity index (χ1v) is 11.4. The lowest BCUT2D eigenvalue weighted by Crippen LogP contribution is -2.11. The highest BCUT2D eigenvalue weighted by molar-refractivity contribution is 5.90. The first kappa shape index (κ1) is 28.5. The number of alkyl halides is 9. The minimum atomic E-state index is -4.97. The Kier molecular flexibility index (Phi) is 7.52. The van der Waals surface area contributed by atoms with E-state index in [-0.39, 0.29) is 22.8 Å². The average molecular weight is 561 g/mol. The molecular formula is C30H16F9N. The second kappa shape index (κ2) is 10.6. The number of benzene rings is 4. The van der Waals surface area contributed by atoms with Gasteiger partial charge < -0.3 is 0 Å². The Balaban J connectivity index is 1.59. The number of nitriles is 1. The van der Waals surface area contributed by atoms with E-state index in [1.54, 1.807) is 24.3 Å². The predicted molar refractivity (Wildman–Crippen MR) is 132 cm³/mol. The van der Waals surface area contributed by atoms with Gasteiger partial charge >= 0.3 is 18.5 Å². The lowest BCUT2D eigenvalue weighted by atomic mass is 9.97. The van der Waals surface area contributed by atoms with Crippen molar-refractivity contribution in [2.45, 2.75) is 18.5 Å². The first-order chi connectivity index (χ1) is 18.6. The van der Waals surface area contributed by atoms with Crippen molar-refractivity contribution in [3.63, 3.8) is 0 Å². The van der Waals surface area contributed by atoms with Gasteiger partial charge in [0.2, 0.25) is 0 Å². The largest absolute Gasteiger partial charge is 0.416 e. The molecule has 0 unspecified atom stereocenters. The van der Waals surface area contributed by atoms with Gasteiger partial charge in [-0.25, -0.2) is 0 Å². The third kappa shape index (κ3) is 6.54. The summed E-state index contributed by atoms with van der Waals surface area (Å²) in [5.74, 6) is 0. The van der Waals surface area contributed by atoms with E-state index in [0.717, 1.165) is 12.1 Å². The molecule has 0 N–H and O–H groups in total. The van der Waals surface area contributed by atoms with Gasteiger partial charge in [-0.3, -0.25) is 0 Å². The minimum absolute atomic E-state index is 0.0582. The highest BCUT2D eigenvalue weighted by Crippen LogP contribution is 2.39. The molecule has 0 bridgehead atoms. The zero-order valence-corrected chi connectivity index (χ0v) is 20.1. The lowest BCUT2D eigenvalue weighted by Gasteiger charge is -2.14. The van der Waals surface area contributed by atoms with Crippen LogP contribution in [0.2, 0.25) is 0 Å². The monoisotopic (exact) mass is 561 g/mol. The van der Waals surface area contributed by atoms with Crippen LogP contribution in [0.25, 0.3) is 33.9 Å². The predicted octanol–water partition coefficient (Wildman–Crippen LogP) is 10.1. The summed E-state index contributed by atoms with van der Waals surface area (Å²) in [6, 6.07) is 20.1. The Morgan fingerprint density at radius 2 is 0.900 bits per heavy atom. The van der Waals surface area contributed by atoms with E-state index in [1.807, 2.05) is 6.07 Å². The topological polar surface area (TPSA) is 23.8 Å². The van der Waals surface area contributed by atoms with Crippen LogP contribution in [0, 0.1) is 11.3 Å². The lowest BCUT2D eigenvalue weighted by molar-refractivity contribution is -0.143. The van der Waals surface area contributed by atoms with E-state index in [2.05, 4.69) is 0 Å². The fraction of sp³-hybridized carbons (Fsp3) is 0.100. The summed E-state index contributed by atoms with van der Waals surface area (Å²) in [6.07, 6.45) is -12.9. The van der Waals surface area contributed by atoms with Crippen LogP contribution in [0.4, 0.5) is 39.5 Å². The molecule has 4 aromatic carbocycles. The molecule has 0 aliphatic carbocycles. The van der Waals surface area contributed by atoms with Crippen molar-refractivity contribution in [1.82, 2.24) is 0 Å². The van der Waals surface area contributed by atoms with Gasteiger partial charge in [0.1, 0.15) is 0 Å². The normalized spacial score (nSPS) is 12.8. The Bertz CT molecular complexity index is 1530. The molecule has 4 rings (SSSR count). The van der Waals surface area contributed by atoms with E-state index in [9.17, 15) is 44.8 Å². The summed E-state index contributed by atoms with van der Waals surface area (Å²) >= 11 is 0. The molecule has 0 heterocycles. The molecular weight excluding hydrogens is 545 g/mol. The molecule has 0 aliphatic heterocycles. The maximum absolute atomic E-state index is 13.2. The number of nitrogens with zero attached hydrogens (tertiary/aromatic N) is 1. The molecule has 0 aromatic heterocycles. The fourth-order valence-electron chi connectivity index (χ4n) is 3.93. The maximum atomic E-state index is 13.2. The minimum Gasteiger partial charge on any atom is -0.192 e. The average Bonchev–Trinajstić information content (AvgIpc) is 2.90. The third-order valence-corrected chi connectivity index (χ3v) is 6.00. The molecule has 40 heavy (non-hydrogen) atoms. The van der Waals surface area contributed by atoms with Crippen LogP contribution in [0.1, 0.15) is 27.8 Å². The van der Waals surface area contributed by atoms with Crippen LogP contribution < -0.4 is 0 Å². The Morgan fingerprint density at radius 1 is 0.500 bits per heavy atom. The third-order valence-electron chi connectivity index (χ3n) is 6.00. The second-order valence-electron chi connectivity index (χ2n) is 8.74. The quantitative estimate of drug-likeness (QED) is 0.138. The zero-order valence-electron chi connectivity index (χ0n) is 20.1. The summed E-state index contributed by atoms with van der Waals surface area (Å²) in [5.41, 5.74) is -1.43. The molecule has 4 aromatic rings. The summed E-state index contributed by atoms with van der Waals surface area (Å²) in [6.45, 7) is 0. The van der Waals surface area contributed by atoms with E-state index < -0.39 is 35.2 Å². The van der Waals surface area contributed by atoms with Gasteiger partial charge in [-0.2, -0.15) is 44.8 Å². The Hall–Kier alpha value is -4.52. The van der Waals surface area contributed by atoms with Crippen molar-refractivity contribution in [1.29, 1.82) is 5.26 Å². The van der Waals surface area contributed by atoms with Crippen molar-refractivity contribution in [2.24, 2.45) is 0 Å². The molecule has 0 saturated heterocycles. The number of hydrogen-bond donors (Lipinski definition) is 0. The van der Waals surface area contributed by atoms with Crippen LogP contribution >= 0.6 is 0 Å². The highest BCUT2D eigenvalue weighted by atomic mass is 19.4. The number of hydrogen-bond acceptors (Lipinski definition) is 1. The summed E-state index contributed by atoms with van der Waals surface area (Å²) < 4.78 is 118. The van der Waals surface area contributed by atoms with E-state index >= 15 is 0 Å². The Labute approximate surface area is 222 Å². The van der Waals surface area contributed by atoms with Crippen LogP contribution in [-0.2, 0) is 18.5 Å². The summed E-state index contributed by atoms with van der Waals surface area (Å²) in [7, 11) is 0. The van der Waals surface area contributed by atoms with E-state index in [0.29, 0.717) is 34.4 Å². The number of allylic oxidation sites excluding steroid dienone is 1.